The van der Waals surface area contributed by atoms with E-state index >= 15 is 0 Å². The Morgan fingerprint density at radius 1 is 1.16 bits per heavy atom. The van der Waals surface area contributed by atoms with Crippen LogP contribution >= 0.6 is 15.9 Å². The molecule has 100 valence electrons. The monoisotopic (exact) mass is 320 g/mol. The highest BCUT2D eigenvalue weighted by atomic mass is 79.9. The number of benzene rings is 2. The van der Waals surface area contributed by atoms with Gasteiger partial charge in [-0.3, -0.25) is 4.79 Å². The highest BCUT2D eigenvalue weighted by Crippen LogP contribution is 2.23. The van der Waals surface area contributed by atoms with Crippen molar-refractivity contribution in [3.63, 3.8) is 0 Å². The minimum atomic E-state index is -0.486. The SMILES string of the molecule is CC(C)[C@H](N)C(=O)Nc1ccc2cc(Br)ccc2c1. The summed E-state index contributed by atoms with van der Waals surface area (Å²) >= 11 is 3.44. The molecule has 0 bridgehead atoms. The van der Waals surface area contributed by atoms with E-state index in [1.165, 1.54) is 0 Å². The Hall–Kier alpha value is -1.39. The van der Waals surface area contributed by atoms with Crippen LogP contribution in [-0.2, 0) is 4.79 Å². The van der Waals surface area contributed by atoms with Crippen LogP contribution in [0.3, 0.4) is 0 Å². The van der Waals surface area contributed by atoms with Crippen LogP contribution in [0.15, 0.2) is 40.9 Å². The van der Waals surface area contributed by atoms with Crippen LogP contribution in [0.1, 0.15) is 13.8 Å². The van der Waals surface area contributed by atoms with Gasteiger partial charge < -0.3 is 11.1 Å². The molecule has 19 heavy (non-hydrogen) atoms. The Kier molecular flexibility index (Phi) is 4.22. The molecular weight excluding hydrogens is 304 g/mol. The number of rotatable bonds is 3. The summed E-state index contributed by atoms with van der Waals surface area (Å²) in [5.41, 5.74) is 6.60. The Balaban J connectivity index is 2.22. The van der Waals surface area contributed by atoms with Gasteiger partial charge in [-0.25, -0.2) is 0 Å². The molecule has 2 aromatic carbocycles. The van der Waals surface area contributed by atoms with Gasteiger partial charge in [0.1, 0.15) is 0 Å². The molecule has 0 radical (unpaired) electrons. The van der Waals surface area contributed by atoms with E-state index in [0.29, 0.717) is 0 Å². The van der Waals surface area contributed by atoms with E-state index in [9.17, 15) is 4.79 Å². The second-order valence-corrected chi connectivity index (χ2v) is 5.88. The molecule has 1 amide bonds. The lowest BCUT2D eigenvalue weighted by molar-refractivity contribution is -0.118. The largest absolute Gasteiger partial charge is 0.325 e. The topological polar surface area (TPSA) is 55.1 Å². The molecule has 0 unspecified atom stereocenters. The normalized spacial score (nSPS) is 12.7. The maximum absolute atomic E-state index is 11.9. The molecule has 2 rings (SSSR count). The summed E-state index contributed by atoms with van der Waals surface area (Å²) in [4.78, 5) is 11.9. The fourth-order valence-electron chi connectivity index (χ4n) is 1.82. The lowest BCUT2D eigenvalue weighted by Crippen LogP contribution is -2.39. The first-order valence-corrected chi connectivity index (χ1v) is 7.02. The molecule has 0 aliphatic carbocycles. The molecule has 0 aromatic heterocycles. The molecule has 4 heteroatoms. The summed E-state index contributed by atoms with van der Waals surface area (Å²) < 4.78 is 1.04. The Bertz CT molecular complexity index is 610. The van der Waals surface area contributed by atoms with Crippen LogP contribution in [0.25, 0.3) is 10.8 Å². The van der Waals surface area contributed by atoms with Crippen molar-refractivity contribution in [2.24, 2.45) is 11.7 Å². The van der Waals surface area contributed by atoms with E-state index in [0.717, 1.165) is 20.9 Å². The number of anilines is 1. The Labute approximate surface area is 121 Å². The third kappa shape index (κ3) is 3.33. The predicted molar refractivity (Wildman–Crippen MR) is 83.1 cm³/mol. The van der Waals surface area contributed by atoms with Crippen molar-refractivity contribution in [1.29, 1.82) is 0 Å². The summed E-state index contributed by atoms with van der Waals surface area (Å²) in [6.07, 6.45) is 0. The van der Waals surface area contributed by atoms with Crippen molar-refractivity contribution in [3.05, 3.63) is 40.9 Å². The van der Waals surface area contributed by atoms with Gasteiger partial charge in [0.15, 0.2) is 0 Å². The molecule has 0 heterocycles. The van der Waals surface area contributed by atoms with E-state index in [1.54, 1.807) is 0 Å². The molecule has 3 N–H and O–H groups in total. The number of nitrogens with two attached hydrogens (primary N) is 1. The van der Waals surface area contributed by atoms with Gasteiger partial charge in [-0.1, -0.05) is 41.9 Å². The molecule has 3 nitrogen and oxygen atoms in total. The van der Waals surface area contributed by atoms with Gasteiger partial charge in [-0.2, -0.15) is 0 Å². The maximum atomic E-state index is 11.9. The van der Waals surface area contributed by atoms with Crippen LogP contribution in [0, 0.1) is 5.92 Å². The summed E-state index contributed by atoms with van der Waals surface area (Å²) in [7, 11) is 0. The van der Waals surface area contributed by atoms with Gasteiger partial charge in [0.2, 0.25) is 5.91 Å². The molecule has 0 saturated heterocycles. The predicted octanol–water partition coefficient (Wildman–Crippen LogP) is 3.52. The van der Waals surface area contributed by atoms with Gasteiger partial charge in [-0.05, 0) is 41.0 Å². The smallest absolute Gasteiger partial charge is 0.241 e. The fourth-order valence-corrected chi connectivity index (χ4v) is 2.20. The van der Waals surface area contributed by atoms with Crippen molar-refractivity contribution >= 4 is 38.3 Å². The van der Waals surface area contributed by atoms with Crippen LogP contribution in [0.2, 0.25) is 0 Å². The summed E-state index contributed by atoms with van der Waals surface area (Å²) in [6.45, 7) is 3.87. The third-order valence-corrected chi connectivity index (χ3v) is 3.58. The van der Waals surface area contributed by atoms with E-state index < -0.39 is 6.04 Å². The zero-order valence-corrected chi connectivity index (χ0v) is 12.6. The number of hydrogen-bond donors (Lipinski definition) is 2. The molecule has 0 aliphatic rings. The quantitative estimate of drug-likeness (QED) is 0.909. The summed E-state index contributed by atoms with van der Waals surface area (Å²) in [5.74, 6) is -0.0251. The average molecular weight is 321 g/mol. The Morgan fingerprint density at radius 3 is 2.47 bits per heavy atom. The number of carbonyl (C=O) groups excluding carboxylic acids is 1. The molecule has 0 saturated carbocycles. The highest BCUT2D eigenvalue weighted by molar-refractivity contribution is 9.10. The van der Waals surface area contributed by atoms with E-state index in [2.05, 4.69) is 21.2 Å². The van der Waals surface area contributed by atoms with Crippen molar-refractivity contribution in [1.82, 2.24) is 0 Å². The van der Waals surface area contributed by atoms with Gasteiger partial charge in [0.05, 0.1) is 6.04 Å². The van der Waals surface area contributed by atoms with Gasteiger partial charge in [0, 0.05) is 10.2 Å². The van der Waals surface area contributed by atoms with E-state index in [-0.39, 0.29) is 11.8 Å². The first-order chi connectivity index (χ1) is 8.97. The van der Waals surface area contributed by atoms with Crippen molar-refractivity contribution in [2.75, 3.05) is 5.32 Å². The minimum Gasteiger partial charge on any atom is -0.325 e. The molecular formula is C15H17BrN2O. The number of halogens is 1. The van der Waals surface area contributed by atoms with Gasteiger partial charge >= 0.3 is 0 Å². The van der Waals surface area contributed by atoms with E-state index in [4.69, 9.17) is 5.73 Å². The van der Waals surface area contributed by atoms with Crippen molar-refractivity contribution < 1.29 is 4.79 Å². The van der Waals surface area contributed by atoms with Gasteiger partial charge in [0.25, 0.3) is 0 Å². The zero-order chi connectivity index (χ0) is 14.0. The molecule has 0 aliphatic heterocycles. The minimum absolute atomic E-state index is 0.122. The summed E-state index contributed by atoms with van der Waals surface area (Å²) in [5, 5.41) is 5.06. The Morgan fingerprint density at radius 2 is 1.79 bits per heavy atom. The molecule has 0 spiro atoms. The molecule has 0 fully saturated rings. The second kappa shape index (κ2) is 5.72. The van der Waals surface area contributed by atoms with E-state index in [1.807, 2.05) is 50.2 Å². The number of fused-ring (bicyclic) bond motifs is 1. The van der Waals surface area contributed by atoms with Crippen LogP contribution in [0.4, 0.5) is 5.69 Å². The fraction of sp³-hybridized carbons (Fsp3) is 0.267. The maximum Gasteiger partial charge on any atom is 0.241 e. The van der Waals surface area contributed by atoms with Crippen molar-refractivity contribution in [3.8, 4) is 0 Å². The third-order valence-electron chi connectivity index (χ3n) is 3.09. The number of amides is 1. The van der Waals surface area contributed by atoms with Gasteiger partial charge in [-0.15, -0.1) is 0 Å². The summed E-state index contributed by atoms with van der Waals surface area (Å²) in [6, 6.07) is 11.4. The number of hydrogen-bond acceptors (Lipinski definition) is 2. The number of carbonyl (C=O) groups is 1. The first kappa shape index (κ1) is 14.0. The molecule has 1 atom stereocenters. The lowest BCUT2D eigenvalue weighted by atomic mass is 10.0. The molecule has 2 aromatic rings. The zero-order valence-electron chi connectivity index (χ0n) is 11.0. The standard InChI is InChI=1S/C15H17BrN2O/c1-9(2)14(17)15(19)18-13-6-4-10-7-12(16)5-3-11(10)8-13/h3-9,14H,17H2,1-2H3,(H,18,19)/t14-/m0/s1. The lowest BCUT2D eigenvalue weighted by Gasteiger charge is -2.15. The average Bonchev–Trinajstić information content (AvgIpc) is 2.37. The second-order valence-electron chi connectivity index (χ2n) is 4.97. The van der Waals surface area contributed by atoms with Crippen molar-refractivity contribution in [2.45, 2.75) is 19.9 Å². The first-order valence-electron chi connectivity index (χ1n) is 6.23. The highest BCUT2D eigenvalue weighted by Gasteiger charge is 2.17. The van der Waals surface area contributed by atoms with Crippen LogP contribution < -0.4 is 11.1 Å². The number of nitrogens with one attached hydrogen (secondary N) is 1. The van der Waals surface area contributed by atoms with Crippen LogP contribution in [-0.4, -0.2) is 11.9 Å². The van der Waals surface area contributed by atoms with Crippen LogP contribution in [0.5, 0.6) is 0 Å².